The molecule has 0 aliphatic heterocycles. The molecule has 4 heteroatoms. The summed E-state index contributed by atoms with van der Waals surface area (Å²) in [6.07, 6.45) is 1.03. The van der Waals surface area contributed by atoms with Crippen LogP contribution in [0, 0.1) is 0 Å². The van der Waals surface area contributed by atoms with Gasteiger partial charge >= 0.3 is 0 Å². The fraction of sp³-hybridized carbons (Fsp3) is 1.00. The van der Waals surface area contributed by atoms with Crippen LogP contribution < -0.4 is 5.73 Å². The van der Waals surface area contributed by atoms with Crippen LogP contribution in [0.4, 0.5) is 0 Å². The van der Waals surface area contributed by atoms with Gasteiger partial charge in [-0.3, -0.25) is 0 Å². The third-order valence-electron chi connectivity index (χ3n) is 1.02. The largest absolute Gasteiger partial charge is 0.383 e. The van der Waals surface area contributed by atoms with Crippen molar-refractivity contribution in [1.29, 1.82) is 0 Å². The van der Waals surface area contributed by atoms with Gasteiger partial charge in [0.1, 0.15) is 0 Å². The lowest BCUT2D eigenvalue weighted by Crippen LogP contribution is -2.17. The van der Waals surface area contributed by atoms with Gasteiger partial charge in [-0.25, -0.2) is 0 Å². The molecule has 0 amide bonds. The van der Waals surface area contributed by atoms with E-state index in [0.29, 0.717) is 5.73 Å². The summed E-state index contributed by atoms with van der Waals surface area (Å²) < 4.78 is 5.26. The molecule has 0 aliphatic carbocycles. The average Bonchev–Trinajstić information content (AvgIpc) is 1.68. The first-order valence-corrected chi connectivity index (χ1v) is 4.28. The van der Waals surface area contributed by atoms with Crippen LogP contribution in [0.15, 0.2) is 0 Å². The minimum absolute atomic E-state index is 0. The van der Waals surface area contributed by atoms with E-state index in [0.717, 1.165) is 29.8 Å². The normalized spacial score (nSPS) is 12.7. The summed E-state index contributed by atoms with van der Waals surface area (Å²) in [5, 5.41) is 0. The number of ether oxygens (including phenoxy) is 1. The Hall–Kier alpha value is 0.427. The Bertz CT molecular complexity index is 50.2. The van der Waals surface area contributed by atoms with Crippen LogP contribution in [-0.4, -0.2) is 29.1 Å². The molecule has 2 N–H and O–H groups in total. The van der Waals surface area contributed by atoms with Crippen LogP contribution >= 0.6 is 12.4 Å². The quantitative estimate of drug-likeness (QED) is 0.576. The summed E-state index contributed by atoms with van der Waals surface area (Å²) in [4.78, 5) is 0. The molecule has 0 fully saturated rings. The number of hydrogen-bond acceptors (Lipinski definition) is 2. The Morgan fingerprint density at radius 3 is 2.56 bits per heavy atom. The Balaban J connectivity index is 0. The molecule has 0 saturated heterocycles. The molecule has 0 rings (SSSR count). The smallest absolute Gasteiger partial charge is 0.0436 e. The molecule has 0 aromatic rings. The molecule has 2 nitrogen and oxygen atoms in total. The van der Waals surface area contributed by atoms with Crippen LogP contribution in [0.2, 0.25) is 0 Å². The summed E-state index contributed by atoms with van der Waals surface area (Å²) in [6.45, 7) is 3.60. The first kappa shape index (κ1) is 12.1. The van der Waals surface area contributed by atoms with E-state index in [2.05, 4.69) is 0 Å². The number of hydrogen-bond donors (Lipinski definition) is 1. The number of nitrogens with two attached hydrogens (primary N) is 1. The maximum absolute atomic E-state index is 5.30. The zero-order chi connectivity index (χ0) is 6.41. The van der Waals surface area contributed by atoms with Gasteiger partial charge in [0.05, 0.1) is 0 Å². The predicted molar refractivity (Wildman–Crippen MR) is 46.3 cm³/mol. The molecule has 0 aromatic carbocycles. The zero-order valence-electron chi connectivity index (χ0n) is 6.09. The molecule has 0 spiro atoms. The molecular weight excluding hydrogens is 154 g/mol. The highest BCUT2D eigenvalue weighted by Gasteiger charge is 1.95. The third-order valence-corrected chi connectivity index (χ3v) is 1.94. The molecule has 0 radical (unpaired) electrons. The summed E-state index contributed by atoms with van der Waals surface area (Å²) >= 11 is 0. The van der Waals surface area contributed by atoms with Gasteiger partial charge in [-0.05, 0) is 19.9 Å². The average molecular weight is 170 g/mol. The SMILES string of the molecule is CCOC([SiH3])CCN.Cl. The monoisotopic (exact) mass is 169 g/mol. The van der Waals surface area contributed by atoms with Crippen molar-refractivity contribution in [1.82, 2.24) is 0 Å². The van der Waals surface area contributed by atoms with Gasteiger partial charge in [0.2, 0.25) is 0 Å². The van der Waals surface area contributed by atoms with Crippen molar-refractivity contribution in [3.8, 4) is 0 Å². The highest BCUT2D eigenvalue weighted by atomic mass is 35.5. The van der Waals surface area contributed by atoms with E-state index >= 15 is 0 Å². The number of rotatable bonds is 4. The van der Waals surface area contributed by atoms with Gasteiger partial charge in [0, 0.05) is 22.6 Å². The van der Waals surface area contributed by atoms with Crippen molar-refractivity contribution in [3.05, 3.63) is 0 Å². The van der Waals surface area contributed by atoms with E-state index < -0.39 is 0 Å². The molecular formula is C5H16ClNOSi. The van der Waals surface area contributed by atoms with Gasteiger partial charge < -0.3 is 10.5 Å². The van der Waals surface area contributed by atoms with Gasteiger partial charge in [-0.2, -0.15) is 0 Å². The van der Waals surface area contributed by atoms with Crippen molar-refractivity contribution in [2.24, 2.45) is 5.73 Å². The molecule has 1 unspecified atom stereocenters. The van der Waals surface area contributed by atoms with Gasteiger partial charge in [-0.15, -0.1) is 12.4 Å². The molecule has 58 valence electrons. The van der Waals surface area contributed by atoms with E-state index in [-0.39, 0.29) is 12.4 Å². The molecule has 0 heterocycles. The minimum atomic E-state index is 0. The summed E-state index contributed by atoms with van der Waals surface area (Å²) in [5.41, 5.74) is 5.78. The molecule has 9 heavy (non-hydrogen) atoms. The Kier molecular flexibility index (Phi) is 11.4. The summed E-state index contributed by atoms with van der Waals surface area (Å²) in [7, 11) is 1.11. The molecule has 0 aromatic heterocycles. The summed E-state index contributed by atoms with van der Waals surface area (Å²) in [6, 6.07) is 0. The van der Waals surface area contributed by atoms with E-state index in [9.17, 15) is 0 Å². The van der Waals surface area contributed by atoms with Crippen molar-refractivity contribution in [2.75, 3.05) is 13.2 Å². The molecule has 0 saturated carbocycles. The molecule has 0 aliphatic rings. The molecule has 1 atom stereocenters. The highest BCUT2D eigenvalue weighted by molar-refractivity contribution is 6.10. The predicted octanol–water partition coefficient (Wildman–Crippen LogP) is -0.515. The molecule has 0 bridgehead atoms. The Morgan fingerprint density at radius 2 is 2.22 bits per heavy atom. The van der Waals surface area contributed by atoms with E-state index in [1.54, 1.807) is 0 Å². The van der Waals surface area contributed by atoms with Gasteiger partial charge in [0.25, 0.3) is 0 Å². The maximum atomic E-state index is 5.30. The minimum Gasteiger partial charge on any atom is -0.383 e. The lowest BCUT2D eigenvalue weighted by Gasteiger charge is -2.08. The van der Waals surface area contributed by atoms with Crippen LogP contribution in [0.5, 0.6) is 0 Å². The lowest BCUT2D eigenvalue weighted by atomic mass is 10.5. The van der Waals surface area contributed by atoms with Crippen LogP contribution in [0.25, 0.3) is 0 Å². The Morgan fingerprint density at radius 1 is 1.67 bits per heavy atom. The highest BCUT2D eigenvalue weighted by Crippen LogP contribution is 1.88. The van der Waals surface area contributed by atoms with Gasteiger partial charge in [-0.1, -0.05) is 0 Å². The van der Waals surface area contributed by atoms with E-state index in [1.165, 1.54) is 0 Å². The standard InChI is InChI=1S/C5H15NOSi.ClH/c1-2-7-5(8)3-4-6;/h5H,2-4,6H2,1,8H3;1H. The lowest BCUT2D eigenvalue weighted by molar-refractivity contribution is 0.115. The topological polar surface area (TPSA) is 35.2 Å². The van der Waals surface area contributed by atoms with Crippen molar-refractivity contribution >= 4 is 22.6 Å². The van der Waals surface area contributed by atoms with Gasteiger partial charge in [0.15, 0.2) is 0 Å². The van der Waals surface area contributed by atoms with Crippen LogP contribution in [-0.2, 0) is 4.74 Å². The second kappa shape index (κ2) is 8.43. The van der Waals surface area contributed by atoms with Crippen molar-refractivity contribution in [2.45, 2.75) is 19.1 Å². The second-order valence-corrected chi connectivity index (χ2v) is 3.13. The van der Waals surface area contributed by atoms with E-state index in [4.69, 9.17) is 10.5 Å². The van der Waals surface area contributed by atoms with Crippen molar-refractivity contribution in [3.63, 3.8) is 0 Å². The second-order valence-electron chi connectivity index (χ2n) is 1.84. The van der Waals surface area contributed by atoms with E-state index in [1.807, 2.05) is 6.92 Å². The third kappa shape index (κ3) is 8.43. The van der Waals surface area contributed by atoms with Crippen molar-refractivity contribution < 1.29 is 4.74 Å². The van der Waals surface area contributed by atoms with Crippen LogP contribution in [0.1, 0.15) is 13.3 Å². The fourth-order valence-electron chi connectivity index (χ4n) is 0.603. The first-order chi connectivity index (χ1) is 3.81. The maximum Gasteiger partial charge on any atom is 0.0436 e. The fourth-order valence-corrected chi connectivity index (χ4v) is 1.27. The number of halogens is 1. The Labute approximate surface area is 66.0 Å². The summed E-state index contributed by atoms with van der Waals surface area (Å²) in [5.74, 6) is 0. The van der Waals surface area contributed by atoms with Crippen LogP contribution in [0.3, 0.4) is 0 Å². The zero-order valence-corrected chi connectivity index (χ0v) is 8.91. The first-order valence-electron chi connectivity index (χ1n) is 3.13.